The molecule has 1 aromatic rings. The Bertz CT molecular complexity index is 463. The van der Waals surface area contributed by atoms with Crippen molar-refractivity contribution >= 4 is 27.6 Å². The Morgan fingerprint density at radius 3 is 2.95 bits per heavy atom. The Labute approximate surface area is 122 Å². The van der Waals surface area contributed by atoms with E-state index in [1.54, 1.807) is 0 Å². The summed E-state index contributed by atoms with van der Waals surface area (Å²) in [4.78, 5) is 12.2. The normalized spacial score (nSPS) is 26.2. The first-order valence-electron chi connectivity index (χ1n) is 6.72. The van der Waals surface area contributed by atoms with Gasteiger partial charge in [-0.25, -0.2) is 4.79 Å². The average molecular weight is 326 g/mol. The molecule has 4 heteroatoms. The monoisotopic (exact) mass is 325 g/mol. The highest BCUT2D eigenvalue weighted by atomic mass is 79.9. The summed E-state index contributed by atoms with van der Waals surface area (Å²) in [6.07, 6.45) is 3.87. The molecule has 0 radical (unpaired) electrons. The number of benzene rings is 1. The highest BCUT2D eigenvalue weighted by Crippen LogP contribution is 2.39. The number of halogens is 1. The predicted octanol–water partition coefficient (Wildman–Crippen LogP) is 3.98. The van der Waals surface area contributed by atoms with Crippen LogP contribution in [0.4, 0.5) is 5.69 Å². The highest BCUT2D eigenvalue weighted by molar-refractivity contribution is 9.10. The molecule has 0 saturated heterocycles. The van der Waals surface area contributed by atoms with Crippen LogP contribution in [-0.4, -0.2) is 18.6 Å². The minimum atomic E-state index is -0.559. The summed E-state index contributed by atoms with van der Waals surface area (Å²) in [6.45, 7) is 2.18. The molecule has 1 N–H and O–H groups in total. The van der Waals surface area contributed by atoms with E-state index in [2.05, 4.69) is 28.2 Å². The van der Waals surface area contributed by atoms with Gasteiger partial charge in [-0.1, -0.05) is 35.3 Å². The van der Waals surface area contributed by atoms with Crippen LogP contribution in [0.5, 0.6) is 0 Å². The van der Waals surface area contributed by atoms with Crippen LogP contribution in [0.15, 0.2) is 28.7 Å². The molecule has 3 nitrogen and oxygen atoms in total. The summed E-state index contributed by atoms with van der Waals surface area (Å²) in [5, 5.41) is 3.41. The van der Waals surface area contributed by atoms with Crippen LogP contribution in [0.2, 0.25) is 0 Å². The lowest BCUT2D eigenvalue weighted by atomic mass is 9.94. The van der Waals surface area contributed by atoms with Crippen molar-refractivity contribution < 1.29 is 9.53 Å². The van der Waals surface area contributed by atoms with Gasteiger partial charge in [-0.15, -0.1) is 0 Å². The van der Waals surface area contributed by atoms with Gasteiger partial charge in [0.2, 0.25) is 0 Å². The zero-order valence-corrected chi connectivity index (χ0v) is 13.0. The molecule has 0 amide bonds. The molecule has 104 valence electrons. The van der Waals surface area contributed by atoms with Crippen molar-refractivity contribution in [2.24, 2.45) is 5.92 Å². The number of carbonyl (C=O) groups excluding carboxylic acids is 1. The molecular weight excluding hydrogens is 306 g/mol. The molecule has 2 unspecified atom stereocenters. The summed E-state index contributed by atoms with van der Waals surface area (Å²) in [5.41, 5.74) is 0.396. The Kier molecular flexibility index (Phi) is 4.50. The maximum absolute atomic E-state index is 12.2. The van der Waals surface area contributed by atoms with Crippen LogP contribution in [0, 0.1) is 5.92 Å². The number of ether oxygens (including phenoxy) is 1. The Hall–Kier alpha value is -1.03. The molecule has 2 atom stereocenters. The van der Waals surface area contributed by atoms with Gasteiger partial charge in [0, 0.05) is 10.2 Å². The van der Waals surface area contributed by atoms with Crippen LogP contribution in [0.3, 0.4) is 0 Å². The number of carbonyl (C=O) groups is 1. The van der Waals surface area contributed by atoms with Crippen LogP contribution < -0.4 is 5.32 Å². The molecule has 1 aliphatic carbocycles. The minimum Gasteiger partial charge on any atom is -0.467 e. The van der Waals surface area contributed by atoms with Gasteiger partial charge in [-0.2, -0.15) is 0 Å². The number of nitrogens with one attached hydrogen (secondary N) is 1. The number of hydrogen-bond donors (Lipinski definition) is 1. The van der Waals surface area contributed by atoms with E-state index in [4.69, 9.17) is 4.74 Å². The van der Waals surface area contributed by atoms with Crippen LogP contribution in [-0.2, 0) is 9.53 Å². The summed E-state index contributed by atoms with van der Waals surface area (Å²) in [6, 6.07) is 7.90. The minimum absolute atomic E-state index is 0.150. The molecule has 1 aromatic carbocycles. The number of anilines is 1. The van der Waals surface area contributed by atoms with Crippen molar-refractivity contribution in [1.82, 2.24) is 0 Å². The third kappa shape index (κ3) is 3.11. The smallest absolute Gasteiger partial charge is 0.331 e. The Morgan fingerprint density at radius 1 is 1.58 bits per heavy atom. The SMILES string of the molecule is CCC1CCC(Nc2cccc(Br)c2)(C(=O)OC)C1. The van der Waals surface area contributed by atoms with Crippen molar-refractivity contribution in [3.63, 3.8) is 0 Å². The van der Waals surface area contributed by atoms with Crippen molar-refractivity contribution in [1.29, 1.82) is 0 Å². The maximum Gasteiger partial charge on any atom is 0.331 e. The van der Waals surface area contributed by atoms with Gasteiger partial charge in [0.25, 0.3) is 0 Å². The fraction of sp³-hybridized carbons (Fsp3) is 0.533. The fourth-order valence-corrected chi connectivity index (χ4v) is 3.28. The number of methoxy groups -OCH3 is 1. The molecule has 0 spiro atoms. The number of rotatable bonds is 4. The lowest BCUT2D eigenvalue weighted by Crippen LogP contribution is -2.45. The highest BCUT2D eigenvalue weighted by Gasteiger charge is 2.45. The lowest BCUT2D eigenvalue weighted by Gasteiger charge is -2.29. The third-order valence-corrected chi connectivity index (χ3v) is 4.47. The molecule has 1 fully saturated rings. The van der Waals surface area contributed by atoms with Gasteiger partial charge < -0.3 is 10.1 Å². The van der Waals surface area contributed by atoms with Crippen LogP contribution >= 0.6 is 15.9 Å². The quantitative estimate of drug-likeness (QED) is 0.851. The van der Waals surface area contributed by atoms with E-state index in [-0.39, 0.29) is 5.97 Å². The van der Waals surface area contributed by atoms with Gasteiger partial charge in [0.05, 0.1) is 7.11 Å². The van der Waals surface area contributed by atoms with Gasteiger partial charge in [0.1, 0.15) is 5.54 Å². The molecular formula is C15H20BrNO2. The Morgan fingerprint density at radius 2 is 2.37 bits per heavy atom. The largest absolute Gasteiger partial charge is 0.467 e. The first-order chi connectivity index (χ1) is 9.09. The van der Waals surface area contributed by atoms with Crippen molar-refractivity contribution in [2.75, 3.05) is 12.4 Å². The Balaban J connectivity index is 2.22. The summed E-state index contributed by atoms with van der Waals surface area (Å²) in [7, 11) is 1.46. The zero-order valence-electron chi connectivity index (χ0n) is 11.4. The van der Waals surface area contributed by atoms with Gasteiger partial charge in [0.15, 0.2) is 0 Å². The molecule has 0 bridgehead atoms. The molecule has 0 aliphatic heterocycles. The van der Waals surface area contributed by atoms with Gasteiger partial charge >= 0.3 is 5.97 Å². The van der Waals surface area contributed by atoms with Gasteiger partial charge in [-0.3, -0.25) is 0 Å². The van der Waals surface area contributed by atoms with E-state index in [1.165, 1.54) is 7.11 Å². The average Bonchev–Trinajstić information content (AvgIpc) is 2.82. The first kappa shape index (κ1) is 14.4. The fourth-order valence-electron chi connectivity index (χ4n) is 2.88. The van der Waals surface area contributed by atoms with Crippen LogP contribution in [0.25, 0.3) is 0 Å². The second kappa shape index (κ2) is 5.95. The standard InChI is InChI=1S/C15H20BrNO2/c1-3-11-7-8-15(10-11,14(18)19-2)17-13-6-4-5-12(16)9-13/h4-6,9,11,17H,3,7-8,10H2,1-2H3. The van der Waals surface area contributed by atoms with Crippen molar-refractivity contribution in [3.05, 3.63) is 28.7 Å². The molecule has 1 saturated carbocycles. The predicted molar refractivity (Wildman–Crippen MR) is 80.1 cm³/mol. The summed E-state index contributed by atoms with van der Waals surface area (Å²) in [5.74, 6) is 0.446. The maximum atomic E-state index is 12.2. The van der Waals surface area contributed by atoms with Crippen molar-refractivity contribution in [3.8, 4) is 0 Å². The molecule has 0 heterocycles. The number of esters is 1. The van der Waals surface area contributed by atoms with E-state index < -0.39 is 5.54 Å². The van der Waals surface area contributed by atoms with Gasteiger partial charge in [-0.05, 0) is 43.4 Å². The first-order valence-corrected chi connectivity index (χ1v) is 7.51. The summed E-state index contributed by atoms with van der Waals surface area (Å²) >= 11 is 3.45. The van der Waals surface area contributed by atoms with E-state index in [0.717, 1.165) is 35.8 Å². The van der Waals surface area contributed by atoms with E-state index in [9.17, 15) is 4.79 Å². The summed E-state index contributed by atoms with van der Waals surface area (Å²) < 4.78 is 6.02. The van der Waals surface area contributed by atoms with E-state index >= 15 is 0 Å². The molecule has 1 aliphatic rings. The van der Waals surface area contributed by atoms with E-state index in [1.807, 2.05) is 24.3 Å². The molecule has 2 rings (SSSR count). The van der Waals surface area contributed by atoms with Crippen molar-refractivity contribution in [2.45, 2.75) is 38.1 Å². The second-order valence-corrected chi connectivity index (χ2v) is 6.14. The molecule has 0 aromatic heterocycles. The second-order valence-electron chi connectivity index (χ2n) is 5.23. The topological polar surface area (TPSA) is 38.3 Å². The lowest BCUT2D eigenvalue weighted by molar-refractivity contribution is -0.145. The van der Waals surface area contributed by atoms with E-state index in [0.29, 0.717) is 5.92 Å². The third-order valence-electron chi connectivity index (χ3n) is 3.98. The number of hydrogen-bond acceptors (Lipinski definition) is 3. The van der Waals surface area contributed by atoms with Crippen LogP contribution in [0.1, 0.15) is 32.6 Å². The zero-order chi connectivity index (χ0) is 13.9. The molecule has 19 heavy (non-hydrogen) atoms.